The number of rotatable bonds is 15. The highest BCUT2D eigenvalue weighted by Gasteiger charge is 2.42. The number of phenolic OH excluding ortho intramolecular Hbond substituents is 1. The topological polar surface area (TPSA) is 95.9 Å². The van der Waals surface area contributed by atoms with Gasteiger partial charge in [-0.2, -0.15) is 0 Å². The minimum Gasteiger partial charge on any atom is -0.508 e. The number of hydrogen-bond donors (Lipinski definition) is 3. The van der Waals surface area contributed by atoms with Crippen molar-refractivity contribution in [1.29, 1.82) is 0 Å². The maximum absolute atomic E-state index is 14.1. The van der Waals surface area contributed by atoms with E-state index in [0.29, 0.717) is 28.8 Å². The zero-order chi connectivity index (χ0) is 29.1. The number of benzene rings is 2. The van der Waals surface area contributed by atoms with Crippen LogP contribution in [0.15, 0.2) is 60.2 Å². The molecule has 0 heterocycles. The number of halogens is 1. The Balaban J connectivity index is 2.41. The second kappa shape index (κ2) is 14.8. The summed E-state index contributed by atoms with van der Waals surface area (Å²) in [5.41, 5.74) is 0.103. The summed E-state index contributed by atoms with van der Waals surface area (Å²) >= 11 is 0. The molecule has 0 bridgehead atoms. The first-order valence-corrected chi connectivity index (χ1v) is 13.4. The second-order valence-corrected chi connectivity index (χ2v) is 10.5. The van der Waals surface area contributed by atoms with Gasteiger partial charge in [-0.15, -0.1) is 0 Å². The fraction of sp³-hybridized carbons (Fsp3) is 0.438. The van der Waals surface area contributed by atoms with Crippen molar-refractivity contribution in [2.45, 2.75) is 83.8 Å². The van der Waals surface area contributed by atoms with E-state index in [1.165, 1.54) is 25.3 Å². The molecule has 1 amide bonds. The van der Waals surface area contributed by atoms with Crippen LogP contribution in [0.4, 0.5) is 10.1 Å². The van der Waals surface area contributed by atoms with Gasteiger partial charge >= 0.3 is 0 Å². The van der Waals surface area contributed by atoms with E-state index >= 15 is 0 Å². The number of allylic oxidation sites excluding steroid dienone is 4. The first kappa shape index (κ1) is 31.9. The van der Waals surface area contributed by atoms with Crippen LogP contribution in [0, 0.1) is 5.82 Å². The summed E-state index contributed by atoms with van der Waals surface area (Å²) in [6.07, 6.45) is 10.1. The van der Waals surface area contributed by atoms with Crippen LogP contribution in [0.5, 0.6) is 5.75 Å². The monoisotopic (exact) mass is 539 g/mol. The second-order valence-electron chi connectivity index (χ2n) is 10.5. The Hall–Kier alpha value is -3.29. The fourth-order valence-corrected chi connectivity index (χ4v) is 4.77. The van der Waals surface area contributed by atoms with E-state index in [0.717, 1.165) is 31.1 Å². The average Bonchev–Trinajstić information content (AvgIpc) is 2.89. The summed E-state index contributed by atoms with van der Waals surface area (Å²) in [6.45, 7) is 7.82. The van der Waals surface area contributed by atoms with E-state index in [9.17, 15) is 24.2 Å². The van der Waals surface area contributed by atoms with E-state index in [1.54, 1.807) is 32.0 Å². The molecule has 0 aromatic heterocycles. The molecule has 0 aliphatic carbocycles. The number of ether oxygens (including phenoxy) is 1. The number of aliphatic hydroxyl groups is 1. The Bertz CT molecular complexity index is 1190. The lowest BCUT2D eigenvalue weighted by Crippen LogP contribution is -2.47. The van der Waals surface area contributed by atoms with Gasteiger partial charge in [-0.05, 0) is 85.9 Å². The minimum absolute atomic E-state index is 0.0626. The molecule has 1 atom stereocenters. The van der Waals surface area contributed by atoms with Crippen molar-refractivity contribution in [2.75, 3.05) is 12.4 Å². The molecule has 0 saturated carbocycles. The third-order valence-electron chi connectivity index (χ3n) is 6.93. The molecule has 212 valence electrons. The van der Waals surface area contributed by atoms with Crippen LogP contribution < -0.4 is 5.32 Å². The number of aldehydes is 1. The molecule has 0 aliphatic heterocycles. The minimum atomic E-state index is -1.85. The first-order chi connectivity index (χ1) is 18.5. The lowest BCUT2D eigenvalue weighted by Gasteiger charge is -2.36. The number of carbonyl (C=O) groups excluding carboxylic acids is 2. The zero-order valence-corrected chi connectivity index (χ0v) is 23.7. The molecule has 6 nitrogen and oxygen atoms in total. The molecule has 2 aromatic carbocycles. The van der Waals surface area contributed by atoms with E-state index in [-0.39, 0.29) is 25.2 Å². The third kappa shape index (κ3) is 9.15. The third-order valence-corrected chi connectivity index (χ3v) is 6.93. The molecule has 2 aromatic rings. The highest BCUT2D eigenvalue weighted by atomic mass is 19.1. The fourth-order valence-electron chi connectivity index (χ4n) is 4.77. The number of amides is 1. The summed E-state index contributed by atoms with van der Waals surface area (Å²) in [6, 6.07) is 8.51. The standard InChI is InChI=1S/C32H42FNO5/c1-6-8-9-10-11-23(7-2)16-17-32(38,22-31(3,4)28-19-26(33)13-15-29(28)36)30(37)34-27-14-12-24(20-35)25(18-27)21-39-5/h8-9,11-15,18-20,36,38H,6-7,10,16-17,21-22H2,1-5H3,(H,34,37)/b9-8-,23-11+. The molecule has 3 N–H and O–H groups in total. The van der Waals surface area contributed by atoms with Crippen molar-refractivity contribution in [3.05, 3.63) is 82.7 Å². The highest BCUT2D eigenvalue weighted by molar-refractivity contribution is 5.97. The van der Waals surface area contributed by atoms with Gasteiger partial charge in [0.25, 0.3) is 5.91 Å². The largest absolute Gasteiger partial charge is 0.508 e. The van der Waals surface area contributed by atoms with E-state index < -0.39 is 22.7 Å². The van der Waals surface area contributed by atoms with Crippen LogP contribution in [-0.2, 0) is 21.6 Å². The highest BCUT2D eigenvalue weighted by Crippen LogP contribution is 2.40. The Labute approximate surface area is 231 Å². The Morgan fingerprint density at radius 3 is 2.51 bits per heavy atom. The lowest BCUT2D eigenvalue weighted by molar-refractivity contribution is -0.137. The molecule has 7 heteroatoms. The number of methoxy groups -OCH3 is 1. The number of anilines is 1. The number of aromatic hydroxyl groups is 1. The van der Waals surface area contributed by atoms with Gasteiger partial charge in [0.05, 0.1) is 6.61 Å². The van der Waals surface area contributed by atoms with Crippen molar-refractivity contribution in [3.8, 4) is 5.75 Å². The Kier molecular flexibility index (Phi) is 12.1. The number of phenols is 1. The average molecular weight is 540 g/mol. The maximum atomic E-state index is 14.1. The predicted octanol–water partition coefficient (Wildman–Crippen LogP) is 7.00. The van der Waals surface area contributed by atoms with Crippen molar-refractivity contribution >= 4 is 17.9 Å². The van der Waals surface area contributed by atoms with Crippen LogP contribution in [0.3, 0.4) is 0 Å². The molecule has 0 spiro atoms. The molecule has 2 rings (SSSR count). The van der Waals surface area contributed by atoms with E-state index in [4.69, 9.17) is 4.74 Å². The zero-order valence-electron chi connectivity index (χ0n) is 23.7. The quantitative estimate of drug-likeness (QED) is 0.167. The van der Waals surface area contributed by atoms with Gasteiger partial charge in [0.1, 0.15) is 23.5 Å². The van der Waals surface area contributed by atoms with Crippen molar-refractivity contribution in [2.24, 2.45) is 0 Å². The van der Waals surface area contributed by atoms with E-state index in [2.05, 4.69) is 30.5 Å². The number of hydrogen-bond acceptors (Lipinski definition) is 5. The van der Waals surface area contributed by atoms with Crippen LogP contribution in [0.25, 0.3) is 0 Å². The van der Waals surface area contributed by atoms with Crippen LogP contribution in [0.1, 0.15) is 87.7 Å². The van der Waals surface area contributed by atoms with Gasteiger partial charge in [-0.25, -0.2) is 4.39 Å². The van der Waals surface area contributed by atoms with Gasteiger partial charge in [0.2, 0.25) is 0 Å². The van der Waals surface area contributed by atoms with Gasteiger partial charge in [-0.1, -0.05) is 51.5 Å². The summed E-state index contributed by atoms with van der Waals surface area (Å²) in [7, 11) is 1.51. The van der Waals surface area contributed by atoms with Gasteiger partial charge < -0.3 is 20.3 Å². The molecule has 0 radical (unpaired) electrons. The van der Waals surface area contributed by atoms with Crippen LogP contribution in [0.2, 0.25) is 0 Å². The van der Waals surface area contributed by atoms with Gasteiger partial charge in [-0.3, -0.25) is 9.59 Å². The molecule has 0 aliphatic rings. The van der Waals surface area contributed by atoms with Crippen LogP contribution >= 0.6 is 0 Å². The van der Waals surface area contributed by atoms with Crippen molar-refractivity contribution < 1.29 is 28.9 Å². The first-order valence-electron chi connectivity index (χ1n) is 13.4. The molecule has 0 saturated heterocycles. The molecule has 1 unspecified atom stereocenters. The van der Waals surface area contributed by atoms with E-state index in [1.807, 2.05) is 6.92 Å². The van der Waals surface area contributed by atoms with Crippen LogP contribution in [-0.4, -0.2) is 35.1 Å². The summed E-state index contributed by atoms with van der Waals surface area (Å²) in [4.78, 5) is 25.1. The van der Waals surface area contributed by atoms with Crippen molar-refractivity contribution in [3.63, 3.8) is 0 Å². The number of nitrogens with one attached hydrogen (secondary N) is 1. The maximum Gasteiger partial charge on any atom is 0.256 e. The molecular formula is C32H42FNO5. The smallest absolute Gasteiger partial charge is 0.256 e. The Morgan fingerprint density at radius 1 is 1.13 bits per heavy atom. The van der Waals surface area contributed by atoms with Crippen molar-refractivity contribution in [1.82, 2.24) is 0 Å². The summed E-state index contributed by atoms with van der Waals surface area (Å²) in [5, 5.41) is 25.2. The van der Waals surface area contributed by atoms with Gasteiger partial charge in [0.15, 0.2) is 0 Å². The summed E-state index contributed by atoms with van der Waals surface area (Å²) < 4.78 is 19.3. The summed E-state index contributed by atoms with van der Waals surface area (Å²) in [5.74, 6) is -1.23. The molecule has 39 heavy (non-hydrogen) atoms. The Morgan fingerprint density at radius 2 is 1.87 bits per heavy atom. The lowest BCUT2D eigenvalue weighted by atomic mass is 9.72. The molecule has 0 fully saturated rings. The van der Waals surface area contributed by atoms with Gasteiger partial charge in [0, 0.05) is 23.9 Å². The number of carbonyl (C=O) groups is 2. The SMILES string of the molecule is CC/C=C\C/C=C(\CC)CCC(O)(CC(C)(C)c1cc(F)ccc1O)C(=O)Nc1ccc(C=O)c(COC)c1. The predicted molar refractivity (Wildman–Crippen MR) is 153 cm³/mol. The molecular weight excluding hydrogens is 497 g/mol. The normalized spacial score (nSPS) is 13.9.